The second kappa shape index (κ2) is 7.79. The van der Waals surface area contributed by atoms with E-state index < -0.39 is 11.9 Å². The molecular formula is C19H19FN2O3. The largest absolute Gasteiger partial charge is 0.415 e. The molecule has 0 aromatic heterocycles. The maximum atomic E-state index is 13.3. The number of amides is 2. The van der Waals surface area contributed by atoms with Crippen LogP contribution in [0.15, 0.2) is 54.6 Å². The number of para-hydroxylation sites is 1. The Morgan fingerprint density at radius 3 is 2.36 bits per heavy atom. The van der Waals surface area contributed by atoms with E-state index >= 15 is 0 Å². The lowest BCUT2D eigenvalue weighted by Gasteiger charge is -2.22. The minimum absolute atomic E-state index is 0.224. The highest BCUT2D eigenvalue weighted by atomic mass is 19.1. The van der Waals surface area contributed by atoms with Crippen molar-refractivity contribution in [2.75, 3.05) is 26.2 Å². The molecule has 0 unspecified atom stereocenters. The topological polar surface area (TPSA) is 49.9 Å². The molecule has 3 rings (SSSR count). The minimum Gasteiger partial charge on any atom is -0.410 e. The van der Waals surface area contributed by atoms with E-state index in [0.717, 1.165) is 0 Å². The van der Waals surface area contributed by atoms with Gasteiger partial charge in [-0.25, -0.2) is 9.18 Å². The van der Waals surface area contributed by atoms with Gasteiger partial charge in [0.1, 0.15) is 11.6 Å². The van der Waals surface area contributed by atoms with E-state index in [4.69, 9.17) is 4.74 Å². The van der Waals surface area contributed by atoms with E-state index in [2.05, 4.69) is 0 Å². The summed E-state index contributed by atoms with van der Waals surface area (Å²) >= 11 is 0. The first-order valence-electron chi connectivity index (χ1n) is 8.20. The van der Waals surface area contributed by atoms with Crippen LogP contribution in [0, 0.1) is 5.82 Å². The molecule has 2 aromatic rings. The Morgan fingerprint density at radius 2 is 1.60 bits per heavy atom. The second-order valence-corrected chi connectivity index (χ2v) is 5.82. The lowest BCUT2D eigenvalue weighted by molar-refractivity contribution is 0.0759. The number of hydrogen-bond acceptors (Lipinski definition) is 3. The van der Waals surface area contributed by atoms with Crippen molar-refractivity contribution in [3.63, 3.8) is 0 Å². The third-order valence-corrected chi connectivity index (χ3v) is 4.06. The van der Waals surface area contributed by atoms with Crippen molar-refractivity contribution in [1.82, 2.24) is 9.80 Å². The molecule has 0 radical (unpaired) electrons. The van der Waals surface area contributed by atoms with E-state index in [1.54, 1.807) is 40.1 Å². The van der Waals surface area contributed by atoms with Crippen molar-refractivity contribution in [2.45, 2.75) is 6.42 Å². The second-order valence-electron chi connectivity index (χ2n) is 5.82. The number of ether oxygens (including phenoxy) is 1. The Balaban J connectivity index is 1.60. The van der Waals surface area contributed by atoms with Crippen LogP contribution in [0.1, 0.15) is 16.8 Å². The molecule has 1 heterocycles. The van der Waals surface area contributed by atoms with Crippen molar-refractivity contribution in [3.8, 4) is 5.75 Å². The summed E-state index contributed by atoms with van der Waals surface area (Å²) in [5.74, 6) is -0.170. The molecule has 2 aromatic carbocycles. The van der Waals surface area contributed by atoms with Gasteiger partial charge in [-0.15, -0.1) is 0 Å². The molecule has 5 nitrogen and oxygen atoms in total. The van der Waals surface area contributed by atoms with E-state index in [0.29, 0.717) is 43.9 Å². The van der Waals surface area contributed by atoms with Gasteiger partial charge in [0, 0.05) is 31.7 Å². The standard InChI is InChI=1S/C19H19FN2O3/c20-16-7-4-6-15(14-16)18(23)21-10-5-11-22(13-12-21)19(24)25-17-8-2-1-3-9-17/h1-4,6-9,14H,5,10-13H2. The van der Waals surface area contributed by atoms with Gasteiger partial charge in [0.05, 0.1) is 0 Å². The molecule has 0 aliphatic carbocycles. The van der Waals surface area contributed by atoms with Gasteiger partial charge in [-0.1, -0.05) is 24.3 Å². The molecule has 130 valence electrons. The Labute approximate surface area is 145 Å². The van der Waals surface area contributed by atoms with Crippen LogP contribution in [-0.4, -0.2) is 48.0 Å². The van der Waals surface area contributed by atoms with Crippen molar-refractivity contribution in [2.24, 2.45) is 0 Å². The van der Waals surface area contributed by atoms with Gasteiger partial charge in [0.15, 0.2) is 0 Å². The molecule has 0 bridgehead atoms. The smallest absolute Gasteiger partial charge is 0.410 e. The van der Waals surface area contributed by atoms with Crippen molar-refractivity contribution in [1.29, 1.82) is 0 Å². The van der Waals surface area contributed by atoms with Crippen molar-refractivity contribution in [3.05, 3.63) is 66.0 Å². The van der Waals surface area contributed by atoms with Crippen molar-refractivity contribution >= 4 is 12.0 Å². The summed E-state index contributed by atoms with van der Waals surface area (Å²) in [6.45, 7) is 1.80. The predicted molar refractivity (Wildman–Crippen MR) is 91.0 cm³/mol. The first-order valence-corrected chi connectivity index (χ1v) is 8.20. The van der Waals surface area contributed by atoms with Gasteiger partial charge >= 0.3 is 6.09 Å². The molecule has 0 saturated carbocycles. The van der Waals surface area contributed by atoms with E-state index in [1.807, 2.05) is 6.07 Å². The molecule has 1 aliphatic heterocycles. The van der Waals surface area contributed by atoms with Crippen LogP contribution in [-0.2, 0) is 0 Å². The van der Waals surface area contributed by atoms with Gasteiger partial charge < -0.3 is 14.5 Å². The SMILES string of the molecule is O=C(Oc1ccccc1)N1CCCN(C(=O)c2cccc(F)c2)CC1. The number of benzene rings is 2. The zero-order valence-corrected chi connectivity index (χ0v) is 13.7. The third-order valence-electron chi connectivity index (χ3n) is 4.06. The molecule has 0 spiro atoms. The van der Waals surface area contributed by atoms with Crippen molar-refractivity contribution < 1.29 is 18.7 Å². The first-order chi connectivity index (χ1) is 12.1. The summed E-state index contributed by atoms with van der Waals surface area (Å²) in [6.07, 6.45) is 0.219. The van der Waals surface area contributed by atoms with Crippen LogP contribution < -0.4 is 4.74 Å². The Morgan fingerprint density at radius 1 is 0.880 bits per heavy atom. The Hall–Kier alpha value is -2.89. The van der Waals surface area contributed by atoms with Crippen LogP contribution >= 0.6 is 0 Å². The van der Waals surface area contributed by atoms with Gasteiger partial charge in [-0.2, -0.15) is 0 Å². The molecule has 1 fully saturated rings. The number of rotatable bonds is 2. The highest BCUT2D eigenvalue weighted by Crippen LogP contribution is 2.14. The number of nitrogens with zero attached hydrogens (tertiary/aromatic N) is 2. The van der Waals surface area contributed by atoms with Crippen LogP contribution in [0.5, 0.6) is 5.75 Å². The minimum atomic E-state index is -0.436. The highest BCUT2D eigenvalue weighted by Gasteiger charge is 2.24. The number of hydrogen-bond donors (Lipinski definition) is 0. The van der Waals surface area contributed by atoms with E-state index in [9.17, 15) is 14.0 Å². The normalized spacial score (nSPS) is 14.8. The van der Waals surface area contributed by atoms with E-state index in [-0.39, 0.29) is 5.91 Å². The lowest BCUT2D eigenvalue weighted by atomic mass is 10.2. The quantitative estimate of drug-likeness (QED) is 0.842. The lowest BCUT2D eigenvalue weighted by Crippen LogP contribution is -2.38. The number of carbonyl (C=O) groups excluding carboxylic acids is 2. The summed E-state index contributed by atoms with van der Waals surface area (Å²) in [5.41, 5.74) is 0.320. The fraction of sp³-hybridized carbons (Fsp3) is 0.263. The van der Waals surface area contributed by atoms with E-state index in [1.165, 1.54) is 18.2 Å². The number of halogens is 1. The Bertz CT molecular complexity index is 751. The summed E-state index contributed by atoms with van der Waals surface area (Å²) in [5, 5.41) is 0. The molecule has 1 saturated heterocycles. The zero-order chi connectivity index (χ0) is 17.6. The third kappa shape index (κ3) is 4.35. The average molecular weight is 342 g/mol. The molecular weight excluding hydrogens is 323 g/mol. The Kier molecular flexibility index (Phi) is 5.28. The molecule has 1 aliphatic rings. The summed E-state index contributed by atoms with van der Waals surface area (Å²) in [4.78, 5) is 28.0. The fourth-order valence-electron chi connectivity index (χ4n) is 2.76. The van der Waals surface area contributed by atoms with Gasteiger partial charge in [0.25, 0.3) is 5.91 Å². The molecule has 0 atom stereocenters. The highest BCUT2D eigenvalue weighted by molar-refractivity contribution is 5.94. The van der Waals surface area contributed by atoms with Crippen LogP contribution in [0.2, 0.25) is 0 Å². The van der Waals surface area contributed by atoms with Crippen LogP contribution in [0.25, 0.3) is 0 Å². The van der Waals surface area contributed by atoms with Crippen LogP contribution in [0.3, 0.4) is 0 Å². The molecule has 6 heteroatoms. The van der Waals surface area contributed by atoms with Gasteiger partial charge in [-0.05, 0) is 36.8 Å². The number of carbonyl (C=O) groups is 2. The molecule has 0 N–H and O–H groups in total. The maximum Gasteiger partial charge on any atom is 0.415 e. The van der Waals surface area contributed by atoms with Crippen LogP contribution in [0.4, 0.5) is 9.18 Å². The monoisotopic (exact) mass is 342 g/mol. The molecule has 25 heavy (non-hydrogen) atoms. The maximum absolute atomic E-state index is 13.3. The van der Waals surface area contributed by atoms with Gasteiger partial charge in [-0.3, -0.25) is 4.79 Å². The summed E-state index contributed by atoms with van der Waals surface area (Å²) < 4.78 is 18.6. The molecule has 2 amide bonds. The van der Waals surface area contributed by atoms with Gasteiger partial charge in [0.2, 0.25) is 0 Å². The summed E-state index contributed by atoms with van der Waals surface area (Å²) in [6, 6.07) is 14.5. The zero-order valence-electron chi connectivity index (χ0n) is 13.7. The summed E-state index contributed by atoms with van der Waals surface area (Å²) in [7, 11) is 0. The first kappa shape index (κ1) is 17.0. The predicted octanol–water partition coefficient (Wildman–Crippen LogP) is 3.17. The average Bonchev–Trinajstić information content (AvgIpc) is 2.88. The fourth-order valence-corrected chi connectivity index (χ4v) is 2.76.